The van der Waals surface area contributed by atoms with E-state index in [2.05, 4.69) is 52.8 Å². The first-order chi connectivity index (χ1) is 17.2. The van der Waals surface area contributed by atoms with E-state index in [1.165, 1.54) is 6.42 Å². The van der Waals surface area contributed by atoms with Gasteiger partial charge in [0, 0.05) is 17.3 Å². The van der Waals surface area contributed by atoms with Crippen molar-refractivity contribution < 1.29 is 9.03 Å². The van der Waals surface area contributed by atoms with Crippen LogP contribution in [-0.2, 0) is 5.54 Å². The number of hydrogen-bond donors (Lipinski definition) is 1. The molecular weight excluding hydrogens is 438 g/mol. The van der Waals surface area contributed by atoms with Crippen molar-refractivity contribution in [1.29, 1.82) is 0 Å². The van der Waals surface area contributed by atoms with Crippen LogP contribution in [0.4, 0.5) is 0 Å². The number of nitrogens with two attached hydrogens (primary N) is 1. The number of nitrogens with zero attached hydrogens (tertiary/aromatic N) is 6. The normalized spacial score (nSPS) is 14.9. The highest BCUT2D eigenvalue weighted by Gasteiger charge is 2.34. The molecule has 6 aromatic rings. The number of benzene rings is 2. The van der Waals surface area contributed by atoms with E-state index in [0.29, 0.717) is 11.5 Å². The van der Waals surface area contributed by atoms with Crippen LogP contribution in [0, 0.1) is 0 Å². The fraction of sp³-hybridized carbons (Fsp3) is 0.148. The van der Waals surface area contributed by atoms with E-state index in [9.17, 15) is 0 Å². The molecule has 4 heterocycles. The Hall–Kier alpha value is -4.43. The topological polar surface area (TPSA) is 99.8 Å². The van der Waals surface area contributed by atoms with Crippen molar-refractivity contribution in [2.24, 2.45) is 5.73 Å². The molecule has 0 aliphatic heterocycles. The van der Waals surface area contributed by atoms with Crippen molar-refractivity contribution in [1.82, 2.24) is 25.1 Å². The van der Waals surface area contributed by atoms with Crippen LogP contribution in [0.2, 0.25) is 0 Å². The minimum absolute atomic E-state index is 0.210. The molecule has 2 aromatic carbocycles. The van der Waals surface area contributed by atoms with Crippen LogP contribution < -0.4 is 10.1 Å². The molecule has 0 amide bonds. The van der Waals surface area contributed by atoms with Gasteiger partial charge in [-0.3, -0.25) is 4.98 Å². The lowest BCUT2D eigenvalue weighted by Gasteiger charge is -2.38. The SMILES string of the molecule is NC1(c2ccc(-n3nc(-c4cnon4)[n+]4ccc5ncc(-c6ccccc6)cc5c34)cc2)CCC1. The Morgan fingerprint density at radius 2 is 1.77 bits per heavy atom. The van der Waals surface area contributed by atoms with Crippen LogP contribution in [0.15, 0.2) is 89.9 Å². The van der Waals surface area contributed by atoms with Crippen molar-refractivity contribution in [3.05, 3.63) is 90.9 Å². The summed E-state index contributed by atoms with van der Waals surface area (Å²) in [5.41, 5.74) is 12.9. The number of pyridine rings is 2. The summed E-state index contributed by atoms with van der Waals surface area (Å²) in [6.07, 6.45) is 8.66. The van der Waals surface area contributed by atoms with Gasteiger partial charge in [0.2, 0.25) is 5.69 Å². The largest absolute Gasteiger partial charge is 0.338 e. The van der Waals surface area contributed by atoms with Gasteiger partial charge in [0.25, 0.3) is 5.65 Å². The first kappa shape index (κ1) is 20.0. The molecule has 7 rings (SSSR count). The summed E-state index contributed by atoms with van der Waals surface area (Å²) >= 11 is 0. The van der Waals surface area contributed by atoms with Crippen LogP contribution >= 0.6 is 0 Å². The van der Waals surface area contributed by atoms with Crippen LogP contribution in [0.1, 0.15) is 24.8 Å². The Balaban J connectivity index is 1.48. The molecule has 170 valence electrons. The number of rotatable bonds is 4. The van der Waals surface area contributed by atoms with Gasteiger partial charge in [-0.25, -0.2) is 4.63 Å². The standard InChI is InChI=1S/C27H22N7O/c28-27(12-4-13-27)20-7-9-21(10-8-20)34-26-22-15-19(18-5-2-1-3-6-18)16-29-23(22)11-14-33(26)25(31-34)24-17-30-35-32-24/h1-3,5-11,14-17H,4,12-13,28H2/q+1. The highest BCUT2D eigenvalue weighted by molar-refractivity contribution is 5.93. The summed E-state index contributed by atoms with van der Waals surface area (Å²) < 4.78 is 8.81. The van der Waals surface area contributed by atoms with Crippen LogP contribution in [0.3, 0.4) is 0 Å². The Morgan fingerprint density at radius 1 is 0.943 bits per heavy atom. The van der Waals surface area contributed by atoms with E-state index in [-0.39, 0.29) is 5.54 Å². The van der Waals surface area contributed by atoms with Crippen LogP contribution in [-0.4, -0.2) is 25.1 Å². The average Bonchev–Trinajstić information content (AvgIpc) is 3.56. The van der Waals surface area contributed by atoms with Gasteiger partial charge in [-0.1, -0.05) is 52.3 Å². The summed E-state index contributed by atoms with van der Waals surface area (Å²) in [4.78, 5) is 4.76. The van der Waals surface area contributed by atoms with Crippen molar-refractivity contribution in [3.8, 4) is 28.3 Å². The molecule has 0 saturated heterocycles. The molecule has 0 spiro atoms. The maximum Gasteiger partial charge on any atom is 0.338 e. The molecule has 1 saturated carbocycles. The van der Waals surface area contributed by atoms with Gasteiger partial charge in [0.1, 0.15) is 11.9 Å². The van der Waals surface area contributed by atoms with E-state index in [0.717, 1.165) is 51.8 Å². The zero-order chi connectivity index (χ0) is 23.4. The third kappa shape index (κ3) is 3.14. The quantitative estimate of drug-likeness (QED) is 0.396. The number of hydrogen-bond acceptors (Lipinski definition) is 6. The predicted molar refractivity (Wildman–Crippen MR) is 130 cm³/mol. The van der Waals surface area contributed by atoms with Gasteiger partial charge in [-0.05, 0) is 59.8 Å². The van der Waals surface area contributed by atoms with E-state index in [4.69, 9.17) is 20.4 Å². The molecule has 2 N–H and O–H groups in total. The van der Waals surface area contributed by atoms with Gasteiger partial charge in [0.05, 0.1) is 22.2 Å². The summed E-state index contributed by atoms with van der Waals surface area (Å²) in [6, 6.07) is 22.8. The van der Waals surface area contributed by atoms with E-state index >= 15 is 0 Å². The Bertz CT molecular complexity index is 1670. The monoisotopic (exact) mass is 460 g/mol. The second-order valence-electron chi connectivity index (χ2n) is 9.12. The van der Waals surface area contributed by atoms with E-state index in [1.54, 1.807) is 6.20 Å². The molecule has 8 nitrogen and oxygen atoms in total. The van der Waals surface area contributed by atoms with Crippen molar-refractivity contribution in [3.63, 3.8) is 0 Å². The third-order valence-corrected chi connectivity index (χ3v) is 7.02. The zero-order valence-corrected chi connectivity index (χ0v) is 18.9. The van der Waals surface area contributed by atoms with Gasteiger partial charge < -0.3 is 5.73 Å². The number of fused-ring (bicyclic) bond motifs is 3. The average molecular weight is 461 g/mol. The summed E-state index contributed by atoms with van der Waals surface area (Å²) in [5, 5.41) is 13.7. The van der Waals surface area contributed by atoms with Gasteiger partial charge >= 0.3 is 5.82 Å². The van der Waals surface area contributed by atoms with E-state index in [1.807, 2.05) is 45.7 Å². The molecule has 1 fully saturated rings. The minimum atomic E-state index is -0.210. The summed E-state index contributed by atoms with van der Waals surface area (Å²) in [5.74, 6) is 0.631. The second kappa shape index (κ2) is 7.54. The Morgan fingerprint density at radius 3 is 2.49 bits per heavy atom. The van der Waals surface area contributed by atoms with Crippen LogP contribution in [0.25, 0.3) is 44.9 Å². The molecular formula is C27H22N7O+. The van der Waals surface area contributed by atoms with Crippen molar-refractivity contribution in [2.45, 2.75) is 24.8 Å². The fourth-order valence-electron chi connectivity index (χ4n) is 4.90. The predicted octanol–water partition coefficient (Wildman–Crippen LogP) is 4.21. The number of aromatic nitrogens is 6. The summed E-state index contributed by atoms with van der Waals surface area (Å²) in [7, 11) is 0. The molecule has 4 aromatic heterocycles. The lowest BCUT2D eigenvalue weighted by atomic mass is 9.73. The molecule has 0 atom stereocenters. The maximum atomic E-state index is 6.56. The molecule has 0 radical (unpaired) electrons. The second-order valence-corrected chi connectivity index (χ2v) is 9.12. The first-order valence-corrected chi connectivity index (χ1v) is 11.7. The Kier molecular flexibility index (Phi) is 4.31. The summed E-state index contributed by atoms with van der Waals surface area (Å²) in [6.45, 7) is 0. The lowest BCUT2D eigenvalue weighted by Crippen LogP contribution is -2.43. The van der Waals surface area contributed by atoms with Crippen molar-refractivity contribution >= 4 is 16.6 Å². The Labute approximate surface area is 200 Å². The third-order valence-electron chi connectivity index (χ3n) is 7.02. The highest BCUT2D eigenvalue weighted by atomic mass is 16.6. The highest BCUT2D eigenvalue weighted by Crippen LogP contribution is 2.39. The van der Waals surface area contributed by atoms with E-state index < -0.39 is 0 Å². The molecule has 8 heteroatoms. The minimum Gasteiger partial charge on any atom is -0.321 e. The molecule has 0 bridgehead atoms. The van der Waals surface area contributed by atoms with Gasteiger partial charge in [0.15, 0.2) is 0 Å². The molecule has 1 aliphatic rings. The molecule has 35 heavy (non-hydrogen) atoms. The maximum absolute atomic E-state index is 6.56. The molecule has 1 aliphatic carbocycles. The van der Waals surface area contributed by atoms with Crippen molar-refractivity contribution in [2.75, 3.05) is 0 Å². The van der Waals surface area contributed by atoms with Crippen LogP contribution in [0.5, 0.6) is 0 Å². The molecule has 0 unspecified atom stereocenters. The fourth-order valence-corrected chi connectivity index (χ4v) is 4.90. The zero-order valence-electron chi connectivity index (χ0n) is 18.9. The lowest BCUT2D eigenvalue weighted by molar-refractivity contribution is -0.498. The first-order valence-electron chi connectivity index (χ1n) is 11.7. The van der Waals surface area contributed by atoms with Gasteiger partial charge in [-0.15, -0.1) is 0 Å². The smallest absolute Gasteiger partial charge is 0.321 e. The van der Waals surface area contributed by atoms with Gasteiger partial charge in [-0.2, -0.15) is 4.40 Å².